The molecule has 0 spiro atoms. The zero-order valence-electron chi connectivity index (χ0n) is 12.7. The number of rotatable bonds is 2. The van der Waals surface area contributed by atoms with Crippen LogP contribution in [0.5, 0.6) is 0 Å². The third kappa shape index (κ3) is 2.37. The molecule has 118 valence electrons. The van der Waals surface area contributed by atoms with Crippen LogP contribution in [0.4, 0.5) is 0 Å². The summed E-state index contributed by atoms with van der Waals surface area (Å²) in [5.74, 6) is 0.415. The molecule has 0 amide bonds. The Bertz CT molecular complexity index is 1080. The molecule has 0 saturated heterocycles. The van der Waals surface area contributed by atoms with E-state index in [0.717, 1.165) is 16.8 Å². The predicted molar refractivity (Wildman–Crippen MR) is 92.0 cm³/mol. The van der Waals surface area contributed by atoms with Crippen molar-refractivity contribution in [3.05, 3.63) is 69.9 Å². The molecule has 4 aromatic rings. The van der Waals surface area contributed by atoms with Crippen LogP contribution in [-0.4, -0.2) is 24.6 Å². The first-order valence-corrected chi connectivity index (χ1v) is 7.67. The zero-order valence-corrected chi connectivity index (χ0v) is 13.4. The van der Waals surface area contributed by atoms with Gasteiger partial charge in [0.2, 0.25) is 0 Å². The van der Waals surface area contributed by atoms with Crippen LogP contribution in [0.2, 0.25) is 5.02 Å². The number of aromatic amines is 1. The summed E-state index contributed by atoms with van der Waals surface area (Å²) in [5, 5.41) is 3.71. The molecule has 0 unspecified atom stereocenters. The summed E-state index contributed by atoms with van der Waals surface area (Å²) >= 11 is 5.97. The minimum atomic E-state index is -0.217. The Morgan fingerprint density at radius 2 is 1.83 bits per heavy atom. The van der Waals surface area contributed by atoms with Gasteiger partial charge < -0.3 is 0 Å². The molecule has 1 aromatic carbocycles. The van der Waals surface area contributed by atoms with E-state index in [4.69, 9.17) is 11.6 Å². The first-order chi connectivity index (χ1) is 11.6. The molecule has 0 aliphatic rings. The predicted octanol–water partition coefficient (Wildman–Crippen LogP) is 3.11. The van der Waals surface area contributed by atoms with Crippen LogP contribution < -0.4 is 5.56 Å². The van der Waals surface area contributed by atoms with Crippen LogP contribution in [0, 0.1) is 6.92 Å². The Labute approximate surface area is 141 Å². The lowest BCUT2D eigenvalue weighted by molar-refractivity contribution is 0.880. The minimum Gasteiger partial charge on any atom is -0.293 e. The van der Waals surface area contributed by atoms with Crippen molar-refractivity contribution in [3.63, 3.8) is 0 Å². The van der Waals surface area contributed by atoms with Gasteiger partial charge in [-0.3, -0.25) is 9.89 Å². The highest BCUT2D eigenvalue weighted by Gasteiger charge is 2.16. The van der Waals surface area contributed by atoms with Crippen LogP contribution in [0.15, 0.2) is 53.6 Å². The molecule has 1 N–H and O–H groups in total. The molecule has 0 fully saturated rings. The Morgan fingerprint density at radius 3 is 2.54 bits per heavy atom. The fourth-order valence-corrected chi connectivity index (χ4v) is 2.78. The maximum atomic E-state index is 12.4. The number of hydrogen-bond donors (Lipinski definition) is 1. The number of nitrogens with zero attached hydrogens (tertiary/aromatic N) is 4. The maximum absolute atomic E-state index is 12.4. The second-order valence-electron chi connectivity index (χ2n) is 5.33. The fourth-order valence-electron chi connectivity index (χ4n) is 2.66. The van der Waals surface area contributed by atoms with Crippen molar-refractivity contribution >= 4 is 17.2 Å². The summed E-state index contributed by atoms with van der Waals surface area (Å²) in [5.41, 5.74) is 3.37. The summed E-state index contributed by atoms with van der Waals surface area (Å²) in [4.78, 5) is 25.4. The molecular weight excluding hydrogens is 326 g/mol. The molecule has 3 aromatic heterocycles. The molecule has 0 aliphatic heterocycles. The molecule has 4 rings (SSSR count). The second-order valence-corrected chi connectivity index (χ2v) is 5.77. The van der Waals surface area contributed by atoms with Crippen molar-refractivity contribution in [1.29, 1.82) is 0 Å². The Kier molecular flexibility index (Phi) is 3.39. The van der Waals surface area contributed by atoms with Crippen molar-refractivity contribution in [2.45, 2.75) is 6.92 Å². The molecule has 0 aliphatic carbocycles. The third-order valence-corrected chi connectivity index (χ3v) is 3.98. The molecule has 0 radical (unpaired) electrons. The Hall–Kier alpha value is -2.99. The van der Waals surface area contributed by atoms with Crippen molar-refractivity contribution in [1.82, 2.24) is 24.6 Å². The van der Waals surface area contributed by atoms with E-state index in [-0.39, 0.29) is 5.56 Å². The lowest BCUT2D eigenvalue weighted by Crippen LogP contribution is -2.14. The van der Waals surface area contributed by atoms with E-state index in [2.05, 4.69) is 20.1 Å². The topological polar surface area (TPSA) is 75.9 Å². The van der Waals surface area contributed by atoms with Gasteiger partial charge in [0.25, 0.3) is 5.56 Å². The number of fused-ring (bicyclic) bond motifs is 1. The largest absolute Gasteiger partial charge is 0.293 e. The number of nitrogens with one attached hydrogen (secondary N) is 1. The quantitative estimate of drug-likeness (QED) is 0.609. The molecule has 0 saturated carbocycles. The van der Waals surface area contributed by atoms with Crippen molar-refractivity contribution < 1.29 is 0 Å². The first kappa shape index (κ1) is 14.6. The molecule has 0 bridgehead atoms. The zero-order chi connectivity index (χ0) is 16.7. The van der Waals surface area contributed by atoms with Gasteiger partial charge in [0.15, 0.2) is 11.5 Å². The van der Waals surface area contributed by atoms with Crippen molar-refractivity contribution in [2.75, 3.05) is 0 Å². The monoisotopic (exact) mass is 337 g/mol. The number of halogens is 1. The fraction of sp³-hybridized carbons (Fsp3) is 0.0588. The lowest BCUT2D eigenvalue weighted by Gasteiger charge is -2.03. The van der Waals surface area contributed by atoms with Gasteiger partial charge >= 0.3 is 0 Å². The normalized spacial score (nSPS) is 11.1. The smallest absolute Gasteiger partial charge is 0.273 e. The van der Waals surface area contributed by atoms with Gasteiger partial charge in [-0.25, -0.2) is 19.5 Å². The van der Waals surface area contributed by atoms with Crippen LogP contribution in [0.1, 0.15) is 5.69 Å². The third-order valence-electron chi connectivity index (χ3n) is 3.72. The van der Waals surface area contributed by atoms with E-state index in [1.165, 1.54) is 10.6 Å². The highest BCUT2D eigenvalue weighted by Crippen LogP contribution is 2.28. The van der Waals surface area contributed by atoms with Crippen molar-refractivity contribution in [2.24, 2.45) is 0 Å². The maximum Gasteiger partial charge on any atom is 0.273 e. The van der Waals surface area contributed by atoms with Gasteiger partial charge in [-0.1, -0.05) is 23.7 Å². The van der Waals surface area contributed by atoms with E-state index in [0.29, 0.717) is 22.2 Å². The SMILES string of the molecule is Cc1[nH]n2c(=O)cc(-c3ncccn3)nc2c1-c1ccc(Cl)cc1. The van der Waals surface area contributed by atoms with Crippen molar-refractivity contribution in [3.8, 4) is 22.6 Å². The molecule has 24 heavy (non-hydrogen) atoms. The van der Waals surface area contributed by atoms with Gasteiger partial charge in [-0.2, -0.15) is 0 Å². The van der Waals surface area contributed by atoms with Gasteiger partial charge in [-0.05, 0) is 30.7 Å². The summed E-state index contributed by atoms with van der Waals surface area (Å²) in [6, 6.07) is 10.6. The summed E-state index contributed by atoms with van der Waals surface area (Å²) < 4.78 is 1.42. The van der Waals surface area contributed by atoms with Crippen LogP contribution in [0.25, 0.3) is 28.3 Å². The second kappa shape index (κ2) is 5.58. The van der Waals surface area contributed by atoms with Crippen LogP contribution >= 0.6 is 11.6 Å². The summed E-state index contributed by atoms with van der Waals surface area (Å²) in [7, 11) is 0. The van der Waals surface area contributed by atoms with Gasteiger partial charge in [-0.15, -0.1) is 0 Å². The van der Waals surface area contributed by atoms with E-state index in [1.807, 2.05) is 31.2 Å². The van der Waals surface area contributed by atoms with E-state index in [9.17, 15) is 4.79 Å². The number of benzene rings is 1. The van der Waals surface area contributed by atoms with Crippen LogP contribution in [-0.2, 0) is 0 Å². The Morgan fingerprint density at radius 1 is 1.12 bits per heavy atom. The lowest BCUT2D eigenvalue weighted by atomic mass is 10.1. The molecule has 7 heteroatoms. The minimum absolute atomic E-state index is 0.217. The summed E-state index contributed by atoms with van der Waals surface area (Å²) in [6.45, 7) is 1.90. The van der Waals surface area contributed by atoms with E-state index < -0.39 is 0 Å². The van der Waals surface area contributed by atoms with Gasteiger partial charge in [0.1, 0.15) is 5.69 Å². The molecule has 3 heterocycles. The molecule has 0 atom stereocenters. The molecular formula is C17H12ClN5O. The van der Waals surface area contributed by atoms with E-state index >= 15 is 0 Å². The number of hydrogen-bond acceptors (Lipinski definition) is 4. The average Bonchev–Trinajstić information content (AvgIpc) is 2.93. The number of aromatic nitrogens is 5. The molecule has 6 nitrogen and oxygen atoms in total. The van der Waals surface area contributed by atoms with E-state index in [1.54, 1.807) is 18.5 Å². The van der Waals surface area contributed by atoms with Crippen LogP contribution in [0.3, 0.4) is 0 Å². The van der Waals surface area contributed by atoms with Gasteiger partial charge in [0.05, 0.1) is 0 Å². The van der Waals surface area contributed by atoms with Gasteiger partial charge in [0, 0.05) is 34.7 Å². The highest BCUT2D eigenvalue weighted by atomic mass is 35.5. The first-order valence-electron chi connectivity index (χ1n) is 7.29. The number of H-pyrrole nitrogens is 1. The standard InChI is InChI=1S/C17H12ClN5O/c1-10-15(11-3-5-12(18)6-4-11)17-21-13(9-14(24)23(17)22-10)16-19-7-2-8-20-16/h2-9,22H,1H3. The summed E-state index contributed by atoms with van der Waals surface area (Å²) in [6.07, 6.45) is 3.24. The number of aryl methyl sites for hydroxylation is 1. The highest BCUT2D eigenvalue weighted by molar-refractivity contribution is 6.30. The Balaban J connectivity index is 2.01. The average molecular weight is 338 g/mol.